The SMILES string of the molecule is O=C([O-])CCl.O=C([O-])CCl.[Ca+2]. The molecule has 11 heavy (non-hydrogen) atoms. The summed E-state index contributed by atoms with van der Waals surface area (Å²) in [5.74, 6) is -3.29. The Hall–Kier alpha value is 0.780. The second-order valence-electron chi connectivity index (χ2n) is 1.01. The molecule has 0 atom stereocenters. The molecule has 0 rings (SSSR count). The number of carboxylic acids is 2. The van der Waals surface area contributed by atoms with E-state index in [2.05, 4.69) is 23.2 Å². The summed E-state index contributed by atoms with van der Waals surface area (Å²) in [7, 11) is 0. The third-order valence-electron chi connectivity index (χ3n) is 0.218. The van der Waals surface area contributed by atoms with E-state index in [9.17, 15) is 0 Å². The van der Waals surface area contributed by atoms with E-state index in [4.69, 9.17) is 19.8 Å². The topological polar surface area (TPSA) is 80.3 Å². The number of hydrogen-bond donors (Lipinski definition) is 0. The van der Waals surface area contributed by atoms with Crippen molar-refractivity contribution in [2.75, 3.05) is 11.8 Å². The molecule has 0 radical (unpaired) electrons. The molecule has 0 N–H and O–H groups in total. The normalized spacial score (nSPS) is 6.73. The molecule has 0 saturated heterocycles. The van der Waals surface area contributed by atoms with Crippen LogP contribution in [0, 0.1) is 0 Å². The van der Waals surface area contributed by atoms with Crippen molar-refractivity contribution in [3.8, 4) is 0 Å². The average Bonchev–Trinajstić information content (AvgIpc) is 1.89. The van der Waals surface area contributed by atoms with Crippen molar-refractivity contribution >= 4 is 72.9 Å². The fourth-order valence-electron chi connectivity index (χ4n) is 0. The van der Waals surface area contributed by atoms with Gasteiger partial charge in [0, 0.05) is 0 Å². The monoisotopic (exact) mass is 226 g/mol. The van der Waals surface area contributed by atoms with E-state index in [0.717, 1.165) is 0 Å². The fourth-order valence-corrected chi connectivity index (χ4v) is 0. The molecular formula is C4H4CaCl2O4. The molecule has 0 aliphatic heterocycles. The molecule has 0 bridgehead atoms. The average molecular weight is 227 g/mol. The molecule has 60 valence electrons. The number of carbonyl (C=O) groups excluding carboxylic acids is 2. The van der Waals surface area contributed by atoms with Crippen molar-refractivity contribution in [3.63, 3.8) is 0 Å². The summed E-state index contributed by atoms with van der Waals surface area (Å²) < 4.78 is 0. The van der Waals surface area contributed by atoms with E-state index >= 15 is 0 Å². The standard InChI is InChI=1S/2C2H3ClO2.Ca/c2*3-1-2(4)5;/h2*1H2,(H,4,5);/q;;+2/p-2. The van der Waals surface area contributed by atoms with Crippen LogP contribution in [-0.4, -0.2) is 61.4 Å². The van der Waals surface area contributed by atoms with Gasteiger partial charge in [-0.3, -0.25) is 0 Å². The molecule has 0 aromatic heterocycles. The van der Waals surface area contributed by atoms with Crippen LogP contribution in [0.2, 0.25) is 0 Å². The third kappa shape index (κ3) is 36.4. The Bertz CT molecular complexity index is 105. The molecule has 0 saturated carbocycles. The van der Waals surface area contributed by atoms with Gasteiger partial charge in [0.25, 0.3) is 0 Å². The fraction of sp³-hybridized carbons (Fsp3) is 0.500. The predicted molar refractivity (Wildman–Crippen MR) is 37.2 cm³/mol. The minimum Gasteiger partial charge on any atom is -0.549 e. The number of aliphatic carboxylic acids is 2. The van der Waals surface area contributed by atoms with Crippen LogP contribution >= 0.6 is 23.2 Å². The molecule has 7 heteroatoms. The Balaban J connectivity index is -0.000000107. The molecule has 0 heterocycles. The summed E-state index contributed by atoms with van der Waals surface area (Å²) in [5, 5.41) is 18.2. The van der Waals surface area contributed by atoms with Crippen molar-refractivity contribution in [2.24, 2.45) is 0 Å². The quantitative estimate of drug-likeness (QED) is 0.388. The van der Waals surface area contributed by atoms with E-state index in [1.807, 2.05) is 0 Å². The van der Waals surface area contributed by atoms with Gasteiger partial charge in [-0.1, -0.05) is 0 Å². The van der Waals surface area contributed by atoms with Crippen LogP contribution in [0.3, 0.4) is 0 Å². The van der Waals surface area contributed by atoms with Gasteiger partial charge in [-0.15, -0.1) is 23.2 Å². The van der Waals surface area contributed by atoms with Crippen LogP contribution in [0.25, 0.3) is 0 Å². The van der Waals surface area contributed by atoms with Crippen molar-refractivity contribution in [1.29, 1.82) is 0 Å². The summed E-state index contributed by atoms with van der Waals surface area (Å²) in [6, 6.07) is 0. The van der Waals surface area contributed by atoms with E-state index < -0.39 is 23.7 Å². The first kappa shape index (κ1) is 17.8. The smallest absolute Gasteiger partial charge is 0.549 e. The number of carbonyl (C=O) groups is 2. The van der Waals surface area contributed by atoms with Gasteiger partial charge in [0.05, 0.1) is 23.7 Å². The summed E-state index contributed by atoms with van der Waals surface area (Å²) in [6.07, 6.45) is 0. The minimum absolute atomic E-state index is 0. The molecule has 0 spiro atoms. The van der Waals surface area contributed by atoms with Gasteiger partial charge in [-0.05, 0) is 0 Å². The number of hydrogen-bond acceptors (Lipinski definition) is 4. The second-order valence-corrected chi connectivity index (χ2v) is 1.55. The van der Waals surface area contributed by atoms with Crippen molar-refractivity contribution in [1.82, 2.24) is 0 Å². The van der Waals surface area contributed by atoms with Crippen molar-refractivity contribution < 1.29 is 19.8 Å². The Morgan fingerprint density at radius 1 is 1.00 bits per heavy atom. The second kappa shape index (κ2) is 13.4. The first-order valence-electron chi connectivity index (χ1n) is 2.06. The van der Waals surface area contributed by atoms with Gasteiger partial charge in [0.1, 0.15) is 0 Å². The third-order valence-corrected chi connectivity index (χ3v) is 0.655. The van der Waals surface area contributed by atoms with Gasteiger partial charge >= 0.3 is 37.7 Å². The summed E-state index contributed by atoms with van der Waals surface area (Å²) in [4.78, 5) is 18.2. The Morgan fingerprint density at radius 3 is 1.09 bits per heavy atom. The first-order chi connectivity index (χ1) is 4.54. The number of carboxylic acid groups (broad SMARTS) is 2. The van der Waals surface area contributed by atoms with E-state index in [-0.39, 0.29) is 37.7 Å². The number of rotatable bonds is 2. The van der Waals surface area contributed by atoms with E-state index in [0.29, 0.717) is 0 Å². The van der Waals surface area contributed by atoms with Crippen LogP contribution in [0.5, 0.6) is 0 Å². The van der Waals surface area contributed by atoms with Crippen LogP contribution in [0.15, 0.2) is 0 Å². The van der Waals surface area contributed by atoms with Crippen LogP contribution in [0.4, 0.5) is 0 Å². The molecular weight excluding hydrogens is 223 g/mol. The van der Waals surface area contributed by atoms with Gasteiger partial charge in [0.15, 0.2) is 0 Å². The molecule has 0 aromatic carbocycles. The number of alkyl halides is 2. The zero-order chi connectivity index (χ0) is 8.57. The van der Waals surface area contributed by atoms with E-state index in [1.165, 1.54) is 0 Å². The van der Waals surface area contributed by atoms with Gasteiger partial charge in [0.2, 0.25) is 0 Å². The van der Waals surface area contributed by atoms with Gasteiger partial charge in [-0.25, -0.2) is 0 Å². The van der Waals surface area contributed by atoms with Gasteiger partial charge < -0.3 is 19.8 Å². The maximum Gasteiger partial charge on any atom is 2.00 e. The summed E-state index contributed by atoms with van der Waals surface area (Å²) in [6.45, 7) is 0. The summed E-state index contributed by atoms with van der Waals surface area (Å²) in [5.41, 5.74) is 0. The predicted octanol–water partition coefficient (Wildman–Crippen LogP) is -2.43. The van der Waals surface area contributed by atoms with Crippen LogP contribution in [-0.2, 0) is 9.59 Å². The molecule has 0 aliphatic rings. The van der Waals surface area contributed by atoms with E-state index in [1.54, 1.807) is 0 Å². The molecule has 0 amide bonds. The molecule has 0 fully saturated rings. The van der Waals surface area contributed by atoms with Crippen LogP contribution in [0.1, 0.15) is 0 Å². The van der Waals surface area contributed by atoms with Crippen molar-refractivity contribution in [3.05, 3.63) is 0 Å². The number of halogens is 2. The van der Waals surface area contributed by atoms with Gasteiger partial charge in [-0.2, -0.15) is 0 Å². The zero-order valence-electron chi connectivity index (χ0n) is 5.51. The minimum atomic E-state index is -1.23. The largest absolute Gasteiger partial charge is 2.00 e. The molecule has 4 nitrogen and oxygen atoms in total. The zero-order valence-corrected chi connectivity index (χ0v) is 9.23. The maximum absolute atomic E-state index is 9.12. The molecule has 0 aromatic rings. The molecule has 0 unspecified atom stereocenters. The van der Waals surface area contributed by atoms with Crippen LogP contribution < -0.4 is 10.2 Å². The maximum atomic E-state index is 9.12. The Kier molecular flexibility index (Phi) is 21.6. The van der Waals surface area contributed by atoms with Crippen molar-refractivity contribution in [2.45, 2.75) is 0 Å². The Labute approximate surface area is 103 Å². The molecule has 0 aliphatic carbocycles. The summed E-state index contributed by atoms with van der Waals surface area (Å²) >= 11 is 9.35. The Morgan fingerprint density at radius 2 is 1.09 bits per heavy atom. The first-order valence-corrected chi connectivity index (χ1v) is 3.13.